The fraction of sp³-hybridized carbons (Fsp3) is 0.400. The van der Waals surface area contributed by atoms with E-state index in [1.807, 2.05) is 13.0 Å². The van der Waals surface area contributed by atoms with E-state index in [9.17, 15) is 0 Å². The summed E-state index contributed by atoms with van der Waals surface area (Å²) >= 11 is 0. The summed E-state index contributed by atoms with van der Waals surface area (Å²) < 4.78 is 0. The van der Waals surface area contributed by atoms with Crippen molar-refractivity contribution in [2.24, 2.45) is 4.99 Å². The Kier molecular flexibility index (Phi) is 8.10. The van der Waals surface area contributed by atoms with E-state index in [2.05, 4.69) is 33.6 Å². The van der Waals surface area contributed by atoms with E-state index in [1.165, 1.54) is 0 Å². The Morgan fingerprint density at radius 1 is 1.59 bits per heavy atom. The van der Waals surface area contributed by atoms with Crippen LogP contribution in [0.4, 0.5) is 0 Å². The predicted molar refractivity (Wildman–Crippen MR) is 63.0 cm³/mol. The predicted octanol–water partition coefficient (Wildman–Crippen LogP) is -0.436. The number of hydrogen-bond acceptors (Lipinski definition) is 5. The molecule has 3 N–H and O–H groups in total. The van der Waals surface area contributed by atoms with E-state index < -0.39 is 0 Å². The maximum Gasteiger partial charge on any atom is 0.165 e. The van der Waals surface area contributed by atoms with Gasteiger partial charge in [0.25, 0.3) is 0 Å². The number of hydrogen-bond donors (Lipinski definition) is 2. The van der Waals surface area contributed by atoms with Crippen molar-refractivity contribution in [1.82, 2.24) is 15.4 Å². The topological polar surface area (TPSA) is 104 Å². The summed E-state index contributed by atoms with van der Waals surface area (Å²) in [6.45, 7) is 8.90. The van der Waals surface area contributed by atoms with Crippen LogP contribution in [0.2, 0.25) is 0 Å². The number of nitrogens with one attached hydrogen (secondary N) is 1. The number of nitrogens with zero attached hydrogens (tertiary/aromatic N) is 4. The molecule has 0 spiro atoms. The summed E-state index contributed by atoms with van der Waals surface area (Å²) in [5, 5.41) is 19.2. The summed E-state index contributed by atoms with van der Waals surface area (Å²) in [5.74, 6) is 0. The highest BCUT2D eigenvalue weighted by Crippen LogP contribution is 2.01. The van der Waals surface area contributed by atoms with Crippen molar-refractivity contribution in [1.29, 1.82) is 5.26 Å². The molecule has 0 aliphatic rings. The Bertz CT molecular complexity index is 392. The molecule has 0 aliphatic carbocycles. The molecule has 0 fully saturated rings. The lowest BCUT2D eigenvalue weighted by molar-refractivity contribution is -0.902. The van der Waals surface area contributed by atoms with Crippen molar-refractivity contribution in [3.63, 3.8) is 0 Å². The quantitative estimate of drug-likeness (QED) is 0.411. The number of H-pyrrole nitrogens is 1. The molecule has 1 rings (SSSR count). The first-order valence-corrected chi connectivity index (χ1v) is 5.02. The first kappa shape index (κ1) is 15.0. The van der Waals surface area contributed by atoms with Crippen molar-refractivity contribution in [2.75, 3.05) is 13.7 Å². The number of quaternary nitrogens is 1. The summed E-state index contributed by atoms with van der Waals surface area (Å²) in [6, 6.07) is 1.99. The molecule has 92 valence electrons. The Hall–Kier alpha value is -2.04. The van der Waals surface area contributed by atoms with Crippen molar-refractivity contribution >= 4 is 5.71 Å². The normalized spacial score (nSPS) is 10.3. The Morgan fingerprint density at radius 3 is 2.82 bits per heavy atom. The van der Waals surface area contributed by atoms with E-state index in [0.29, 0.717) is 30.2 Å². The van der Waals surface area contributed by atoms with Crippen molar-refractivity contribution < 1.29 is 10.3 Å². The van der Waals surface area contributed by atoms with Crippen LogP contribution in [0.25, 0.3) is 0 Å². The first-order valence-electron chi connectivity index (χ1n) is 5.02. The average molecular weight is 237 g/mol. The van der Waals surface area contributed by atoms with Gasteiger partial charge in [0, 0.05) is 6.54 Å². The Balaban J connectivity index is 0.00000121. The second-order valence-corrected chi connectivity index (χ2v) is 2.66. The van der Waals surface area contributed by atoms with E-state index in [-0.39, 0.29) is 0 Å². The number of rotatable bonds is 5. The molecule has 1 aromatic rings. The minimum atomic E-state index is 0.297. The van der Waals surface area contributed by atoms with Gasteiger partial charge >= 0.3 is 0 Å². The van der Waals surface area contributed by atoms with Gasteiger partial charge in [-0.25, -0.2) is 4.84 Å². The van der Waals surface area contributed by atoms with Gasteiger partial charge in [-0.05, 0) is 6.92 Å². The van der Waals surface area contributed by atoms with E-state index >= 15 is 0 Å². The standard InChI is InChI=1S/C8H12N6O.C2H4/c1-3-10-6(4-9)8-7(5-11-15-2)12-14-13-8;1-2/h11H,3,5H2,1-2H3,(H,12,13,14);1-2H2/p+1. The number of aromatic amines is 1. The van der Waals surface area contributed by atoms with Gasteiger partial charge in [-0.2, -0.15) is 26.2 Å². The smallest absolute Gasteiger partial charge is 0.165 e. The fourth-order valence-electron chi connectivity index (χ4n) is 1.07. The molecule has 1 heterocycles. The Labute approximate surface area is 100 Å². The van der Waals surface area contributed by atoms with E-state index in [4.69, 9.17) is 10.1 Å². The van der Waals surface area contributed by atoms with Crippen LogP contribution in [0.5, 0.6) is 0 Å². The minimum Gasteiger partial charge on any atom is -0.273 e. The van der Waals surface area contributed by atoms with Gasteiger partial charge in [-0.15, -0.1) is 13.2 Å². The van der Waals surface area contributed by atoms with Crippen molar-refractivity contribution in [2.45, 2.75) is 13.5 Å². The SMILES string of the molecule is C=C.CCN=C(C#N)c1n[nH]nc1C[NH2+]OC. The van der Waals surface area contributed by atoms with Gasteiger partial charge < -0.3 is 0 Å². The lowest BCUT2D eigenvalue weighted by Crippen LogP contribution is -2.80. The molecular weight excluding hydrogens is 220 g/mol. The molecule has 0 atom stereocenters. The largest absolute Gasteiger partial charge is 0.273 e. The molecule has 0 aliphatic heterocycles. The van der Waals surface area contributed by atoms with Crippen LogP contribution in [-0.2, 0) is 11.4 Å². The van der Waals surface area contributed by atoms with Crippen LogP contribution in [0.1, 0.15) is 18.3 Å². The molecule has 0 radical (unpaired) electrons. The molecule has 1 aromatic heterocycles. The zero-order chi connectivity index (χ0) is 13.1. The molecule has 7 nitrogen and oxygen atoms in total. The molecule has 17 heavy (non-hydrogen) atoms. The zero-order valence-corrected chi connectivity index (χ0v) is 10.1. The van der Waals surface area contributed by atoms with Crippen LogP contribution in [0, 0.1) is 11.3 Å². The third-order valence-electron chi connectivity index (χ3n) is 1.71. The highest BCUT2D eigenvalue weighted by molar-refractivity contribution is 6.10. The van der Waals surface area contributed by atoms with Crippen LogP contribution < -0.4 is 5.48 Å². The number of nitrogens with two attached hydrogens (primary N) is 1. The van der Waals surface area contributed by atoms with Gasteiger partial charge in [0.05, 0.1) is 7.11 Å². The lowest BCUT2D eigenvalue weighted by atomic mass is 10.2. The molecule has 7 heteroatoms. The third kappa shape index (κ3) is 4.55. The summed E-state index contributed by atoms with van der Waals surface area (Å²) in [4.78, 5) is 8.85. The molecular formula is C10H17N6O+. The Morgan fingerprint density at radius 2 is 2.29 bits per heavy atom. The number of nitriles is 1. The maximum atomic E-state index is 8.87. The third-order valence-corrected chi connectivity index (χ3v) is 1.71. The first-order chi connectivity index (χ1) is 8.33. The van der Waals surface area contributed by atoms with Crippen LogP contribution in [0.3, 0.4) is 0 Å². The van der Waals surface area contributed by atoms with Gasteiger partial charge in [0.2, 0.25) is 0 Å². The highest BCUT2D eigenvalue weighted by Gasteiger charge is 2.15. The summed E-state index contributed by atoms with van der Waals surface area (Å²) in [6.07, 6.45) is 0. The second-order valence-electron chi connectivity index (χ2n) is 2.66. The summed E-state index contributed by atoms with van der Waals surface area (Å²) in [7, 11) is 1.56. The molecule has 0 bridgehead atoms. The minimum absolute atomic E-state index is 0.297. The molecule has 0 amide bonds. The number of aromatic nitrogens is 3. The van der Waals surface area contributed by atoms with Crippen LogP contribution in [0.15, 0.2) is 18.2 Å². The number of aliphatic imine (C=N–C) groups is 1. The fourth-order valence-corrected chi connectivity index (χ4v) is 1.07. The van der Waals surface area contributed by atoms with E-state index in [1.54, 1.807) is 12.6 Å². The van der Waals surface area contributed by atoms with Gasteiger partial charge in [-0.1, -0.05) is 0 Å². The molecule has 0 aromatic carbocycles. The molecule has 0 unspecified atom stereocenters. The van der Waals surface area contributed by atoms with Crippen LogP contribution >= 0.6 is 0 Å². The average Bonchev–Trinajstić information content (AvgIpc) is 2.84. The monoisotopic (exact) mass is 237 g/mol. The lowest BCUT2D eigenvalue weighted by Gasteiger charge is -1.96. The van der Waals surface area contributed by atoms with Gasteiger partial charge in [0.15, 0.2) is 18.0 Å². The zero-order valence-electron chi connectivity index (χ0n) is 10.1. The van der Waals surface area contributed by atoms with Gasteiger partial charge in [-0.3, -0.25) is 4.99 Å². The molecule has 0 saturated heterocycles. The van der Waals surface area contributed by atoms with Crippen molar-refractivity contribution in [3.8, 4) is 6.07 Å². The maximum absolute atomic E-state index is 8.87. The van der Waals surface area contributed by atoms with Gasteiger partial charge in [0.1, 0.15) is 11.8 Å². The molecule has 0 saturated carbocycles. The summed E-state index contributed by atoms with van der Waals surface area (Å²) in [5.41, 5.74) is 3.03. The number of hydroxylamine groups is 1. The van der Waals surface area contributed by atoms with Crippen LogP contribution in [-0.4, -0.2) is 34.8 Å². The van der Waals surface area contributed by atoms with E-state index in [0.717, 1.165) is 0 Å². The highest BCUT2D eigenvalue weighted by atomic mass is 16.6. The second kappa shape index (κ2) is 9.21. The van der Waals surface area contributed by atoms with Crippen molar-refractivity contribution in [3.05, 3.63) is 24.5 Å².